The minimum Gasteiger partial charge on any atom is -0.354 e. The molecule has 3 heteroatoms. The van der Waals surface area contributed by atoms with E-state index in [-0.39, 0.29) is 0 Å². The summed E-state index contributed by atoms with van der Waals surface area (Å²) in [7, 11) is 0. The quantitative estimate of drug-likeness (QED) is 0.432. The molecule has 0 radical (unpaired) electrons. The first-order chi connectivity index (χ1) is 9.75. The molecule has 0 saturated carbocycles. The van der Waals surface area contributed by atoms with Crippen LogP contribution in [0.3, 0.4) is 0 Å². The van der Waals surface area contributed by atoms with E-state index in [0.717, 1.165) is 6.42 Å². The predicted molar refractivity (Wildman–Crippen MR) is 102 cm³/mol. The van der Waals surface area contributed by atoms with Crippen LogP contribution in [0.15, 0.2) is 48.5 Å². The van der Waals surface area contributed by atoms with Gasteiger partial charge in [-0.15, -0.1) is 0 Å². The van der Waals surface area contributed by atoms with E-state index in [2.05, 4.69) is 98.7 Å². The first-order valence-corrected chi connectivity index (χ1v) is 8.65. The molecule has 20 heavy (non-hydrogen) atoms. The molecule has 3 aromatic rings. The average molecular weight is 483 g/mol. The molecule has 2 aromatic carbocycles. The molecule has 0 saturated heterocycles. The summed E-state index contributed by atoms with van der Waals surface area (Å²) >= 11 is 4.95. The number of hydrogen-bond donors (Lipinski definition) is 1. The molecule has 0 unspecified atom stereocenters. The number of aromatic amines is 1. The lowest BCUT2D eigenvalue weighted by atomic mass is 10.1. The lowest BCUT2D eigenvalue weighted by Gasteiger charge is -2.01. The van der Waals surface area contributed by atoms with E-state index in [0.29, 0.717) is 0 Å². The van der Waals surface area contributed by atoms with Crippen molar-refractivity contribution in [2.24, 2.45) is 0 Å². The lowest BCUT2D eigenvalue weighted by molar-refractivity contribution is 1.27. The van der Waals surface area contributed by atoms with E-state index in [9.17, 15) is 0 Å². The molecule has 1 aromatic heterocycles. The lowest BCUT2D eigenvalue weighted by Crippen LogP contribution is -1.88. The zero-order valence-corrected chi connectivity index (χ0v) is 14.9. The van der Waals surface area contributed by atoms with E-state index in [1.807, 2.05) is 0 Å². The van der Waals surface area contributed by atoms with Crippen molar-refractivity contribution in [2.75, 3.05) is 0 Å². The van der Waals surface area contributed by atoms with E-state index in [1.165, 1.54) is 40.4 Å². The Morgan fingerprint density at radius 1 is 0.900 bits per heavy atom. The van der Waals surface area contributed by atoms with Crippen LogP contribution in [0.5, 0.6) is 0 Å². The molecule has 1 N–H and O–H groups in total. The summed E-state index contributed by atoms with van der Waals surface area (Å²) in [5, 5.41) is 1.32. The number of aromatic nitrogens is 1. The normalized spacial score (nSPS) is 14.1. The number of nitrogens with one attached hydrogen (secondary N) is 1. The van der Waals surface area contributed by atoms with Crippen LogP contribution in [0.1, 0.15) is 16.8 Å². The number of para-hydroxylation sites is 1. The Morgan fingerprint density at radius 2 is 1.65 bits per heavy atom. The molecule has 0 spiro atoms. The Labute approximate surface area is 144 Å². The molecule has 0 fully saturated rings. The summed E-state index contributed by atoms with van der Waals surface area (Å²) in [6, 6.07) is 17.2. The van der Waals surface area contributed by atoms with Gasteiger partial charge in [0.15, 0.2) is 0 Å². The Bertz CT molecular complexity index is 858. The molecule has 1 aliphatic carbocycles. The molecule has 98 valence electrons. The molecule has 0 atom stereocenters. The van der Waals surface area contributed by atoms with Crippen LogP contribution in [0.4, 0.5) is 0 Å². The molecule has 0 aliphatic heterocycles. The predicted octanol–water partition coefficient (Wildman–Crippen LogP) is 5.63. The highest BCUT2D eigenvalue weighted by molar-refractivity contribution is 14.1. The summed E-state index contributed by atoms with van der Waals surface area (Å²) in [6.45, 7) is 0. The second-order valence-electron chi connectivity index (χ2n) is 4.99. The number of rotatable bonds is 1. The first-order valence-electron chi connectivity index (χ1n) is 6.49. The molecule has 0 amide bonds. The van der Waals surface area contributed by atoms with E-state index >= 15 is 0 Å². The van der Waals surface area contributed by atoms with Crippen LogP contribution in [-0.4, -0.2) is 4.98 Å². The van der Waals surface area contributed by atoms with Gasteiger partial charge < -0.3 is 4.98 Å². The largest absolute Gasteiger partial charge is 0.354 e. The third-order valence-corrected chi connectivity index (χ3v) is 6.18. The van der Waals surface area contributed by atoms with Gasteiger partial charge >= 0.3 is 0 Å². The third kappa shape index (κ3) is 1.86. The fourth-order valence-electron chi connectivity index (χ4n) is 2.83. The molecule has 0 bridgehead atoms. The maximum absolute atomic E-state index is 3.60. The highest BCUT2D eigenvalue weighted by Crippen LogP contribution is 2.43. The van der Waals surface area contributed by atoms with Gasteiger partial charge in [-0.3, -0.25) is 0 Å². The van der Waals surface area contributed by atoms with Gasteiger partial charge in [-0.25, -0.2) is 0 Å². The summed E-state index contributed by atoms with van der Waals surface area (Å²) in [5.41, 5.74) is 6.75. The maximum atomic E-state index is 3.60. The van der Waals surface area contributed by atoms with Crippen LogP contribution in [0, 0.1) is 3.57 Å². The third-order valence-electron chi connectivity index (χ3n) is 3.83. The van der Waals surface area contributed by atoms with Gasteiger partial charge in [0.1, 0.15) is 0 Å². The fourth-order valence-corrected chi connectivity index (χ4v) is 4.75. The van der Waals surface area contributed by atoms with Crippen molar-refractivity contribution in [3.05, 3.63) is 68.9 Å². The highest BCUT2D eigenvalue weighted by Gasteiger charge is 2.23. The zero-order chi connectivity index (χ0) is 13.7. The number of halogens is 2. The van der Waals surface area contributed by atoms with Crippen molar-refractivity contribution in [3.8, 4) is 0 Å². The number of hydrogen-bond acceptors (Lipinski definition) is 0. The minimum absolute atomic E-state index is 1.03. The van der Waals surface area contributed by atoms with Gasteiger partial charge in [0.25, 0.3) is 0 Å². The summed E-state index contributed by atoms with van der Waals surface area (Å²) in [6.07, 6.45) is 1.03. The minimum atomic E-state index is 1.03. The Balaban J connectivity index is 1.94. The summed E-state index contributed by atoms with van der Waals surface area (Å²) in [4.78, 5) is 3.60. The second-order valence-corrected chi connectivity index (χ2v) is 7.14. The number of benzene rings is 2. The number of H-pyrrole nitrogens is 1. The van der Waals surface area contributed by atoms with Crippen LogP contribution in [-0.2, 0) is 6.42 Å². The van der Waals surface area contributed by atoms with Crippen molar-refractivity contribution in [3.63, 3.8) is 0 Å². The van der Waals surface area contributed by atoms with Gasteiger partial charge in [0.2, 0.25) is 0 Å². The van der Waals surface area contributed by atoms with E-state index < -0.39 is 0 Å². The van der Waals surface area contributed by atoms with Crippen molar-refractivity contribution in [2.45, 2.75) is 6.42 Å². The van der Waals surface area contributed by atoms with Crippen molar-refractivity contribution < 1.29 is 0 Å². The smallest absolute Gasteiger partial charge is 0.0573 e. The first kappa shape index (κ1) is 12.9. The van der Waals surface area contributed by atoms with E-state index in [1.54, 1.807) is 0 Å². The van der Waals surface area contributed by atoms with Crippen molar-refractivity contribution in [1.29, 1.82) is 0 Å². The fraction of sp³-hybridized carbons (Fsp3) is 0.0588. The van der Waals surface area contributed by atoms with Gasteiger partial charge in [-0.1, -0.05) is 42.5 Å². The average Bonchev–Trinajstić information content (AvgIpc) is 2.98. The van der Waals surface area contributed by atoms with Crippen LogP contribution < -0.4 is 0 Å². The van der Waals surface area contributed by atoms with Crippen LogP contribution in [0.25, 0.3) is 20.1 Å². The van der Waals surface area contributed by atoms with Gasteiger partial charge in [0, 0.05) is 24.5 Å². The molecule has 1 aliphatic rings. The Kier molecular flexibility index (Phi) is 3.14. The Morgan fingerprint density at radius 3 is 2.45 bits per heavy atom. The van der Waals surface area contributed by atoms with Gasteiger partial charge in [-0.2, -0.15) is 0 Å². The number of allylic oxidation sites excluding steroid dienone is 1. The zero-order valence-electron chi connectivity index (χ0n) is 10.6. The number of fused-ring (bicyclic) bond motifs is 2. The highest BCUT2D eigenvalue weighted by atomic mass is 127. The molecule has 1 heterocycles. The Hall–Kier alpha value is -0.820. The molecular weight excluding hydrogens is 472 g/mol. The van der Waals surface area contributed by atoms with E-state index in [4.69, 9.17) is 0 Å². The standard InChI is InChI=1S/C17H11I2N/c18-15-11-6-2-1-5-10(11)9-13(15)17-16(19)12-7-3-4-8-14(12)20-17/h1-8,20H,9H2. The maximum Gasteiger partial charge on any atom is 0.0573 e. The van der Waals surface area contributed by atoms with Crippen LogP contribution in [0.2, 0.25) is 0 Å². The molecule has 1 nitrogen and oxygen atoms in total. The van der Waals surface area contributed by atoms with Crippen LogP contribution >= 0.6 is 45.2 Å². The van der Waals surface area contributed by atoms with Crippen molar-refractivity contribution >= 4 is 65.2 Å². The summed E-state index contributed by atoms with van der Waals surface area (Å²) in [5.74, 6) is 0. The van der Waals surface area contributed by atoms with Gasteiger partial charge in [-0.05, 0) is 67.9 Å². The van der Waals surface area contributed by atoms with Crippen molar-refractivity contribution in [1.82, 2.24) is 4.98 Å². The second kappa shape index (κ2) is 4.87. The molecular formula is C17H11I2N. The monoisotopic (exact) mass is 483 g/mol. The molecule has 4 rings (SSSR count). The SMILES string of the molecule is IC1=C(c2[nH]c3ccccc3c2I)Cc2ccccc21. The van der Waals surface area contributed by atoms with Gasteiger partial charge in [0.05, 0.1) is 5.69 Å². The summed E-state index contributed by atoms with van der Waals surface area (Å²) < 4.78 is 2.71. The topological polar surface area (TPSA) is 15.8 Å².